The second-order valence-corrected chi connectivity index (χ2v) is 4.62. The van der Waals surface area contributed by atoms with E-state index in [0.29, 0.717) is 11.9 Å². The maximum Gasteiger partial charge on any atom is 0.357 e. The molecule has 0 spiro atoms. The Kier molecular flexibility index (Phi) is 3.33. The number of aromatic carboxylic acids is 1. The van der Waals surface area contributed by atoms with Crippen molar-refractivity contribution in [3.8, 4) is 0 Å². The molecular formula is C11H17N3O3. The largest absolute Gasteiger partial charge is 0.476 e. The third kappa shape index (κ3) is 2.76. The maximum atomic E-state index is 10.7. The zero-order valence-corrected chi connectivity index (χ0v) is 10.1. The van der Waals surface area contributed by atoms with Gasteiger partial charge in [0.05, 0.1) is 0 Å². The lowest BCUT2D eigenvalue weighted by atomic mass is 10.1. The Morgan fingerprint density at radius 2 is 2.53 bits per heavy atom. The highest BCUT2D eigenvalue weighted by Gasteiger charge is 2.22. The maximum absolute atomic E-state index is 10.7. The van der Waals surface area contributed by atoms with Gasteiger partial charge < -0.3 is 19.3 Å². The minimum Gasteiger partial charge on any atom is -0.476 e. The highest BCUT2D eigenvalue weighted by molar-refractivity contribution is 5.85. The lowest BCUT2D eigenvalue weighted by Gasteiger charge is -2.18. The number of hydrogen-bond donors (Lipinski definition) is 1. The van der Waals surface area contributed by atoms with Crippen LogP contribution in [-0.2, 0) is 0 Å². The third-order valence-electron chi connectivity index (χ3n) is 3.06. The smallest absolute Gasteiger partial charge is 0.357 e. The van der Waals surface area contributed by atoms with Gasteiger partial charge in [0.15, 0.2) is 5.69 Å². The van der Waals surface area contributed by atoms with Crippen LogP contribution in [0.4, 0.5) is 6.01 Å². The average molecular weight is 239 g/mol. The van der Waals surface area contributed by atoms with Crippen LogP contribution < -0.4 is 4.90 Å². The molecule has 0 amide bonds. The molecule has 6 heteroatoms. The Morgan fingerprint density at radius 1 is 1.76 bits per heavy atom. The van der Waals surface area contributed by atoms with Crippen LogP contribution in [0.5, 0.6) is 0 Å². The molecule has 1 aromatic heterocycles. The fourth-order valence-electron chi connectivity index (χ4n) is 2.18. The normalized spacial score (nSPS) is 20.7. The van der Waals surface area contributed by atoms with E-state index >= 15 is 0 Å². The molecule has 1 aliphatic rings. The molecule has 0 aromatic carbocycles. The molecule has 1 N–H and O–H groups in total. The van der Waals surface area contributed by atoms with E-state index < -0.39 is 5.97 Å². The van der Waals surface area contributed by atoms with Gasteiger partial charge in [0.25, 0.3) is 6.01 Å². The van der Waals surface area contributed by atoms with Crippen molar-refractivity contribution in [1.29, 1.82) is 0 Å². The summed E-state index contributed by atoms with van der Waals surface area (Å²) in [6.45, 7) is 3.02. The van der Waals surface area contributed by atoms with Crippen LogP contribution in [0.2, 0.25) is 0 Å². The first-order chi connectivity index (χ1) is 8.06. The summed E-state index contributed by atoms with van der Waals surface area (Å²) in [5.74, 6) is -0.473. The van der Waals surface area contributed by atoms with Gasteiger partial charge in [-0.05, 0) is 25.9 Å². The van der Waals surface area contributed by atoms with E-state index in [9.17, 15) is 4.79 Å². The SMILES string of the molecule is CN1CCC(CN(C)c2nc(C(=O)O)co2)C1. The predicted octanol–water partition coefficient (Wildman–Crippen LogP) is 0.761. The number of rotatable bonds is 4. The van der Waals surface area contributed by atoms with Crippen LogP contribution in [0.1, 0.15) is 16.9 Å². The van der Waals surface area contributed by atoms with E-state index in [2.05, 4.69) is 16.9 Å². The number of aromatic nitrogens is 1. The summed E-state index contributed by atoms with van der Waals surface area (Å²) in [7, 11) is 3.98. The predicted molar refractivity (Wildman–Crippen MR) is 62.3 cm³/mol. The number of likely N-dealkylation sites (tertiary alicyclic amines) is 1. The summed E-state index contributed by atoms with van der Waals surface area (Å²) in [4.78, 5) is 18.8. The number of hydrogen-bond acceptors (Lipinski definition) is 5. The summed E-state index contributed by atoms with van der Waals surface area (Å²) >= 11 is 0. The Bertz CT molecular complexity index is 404. The molecule has 1 aliphatic heterocycles. The molecule has 0 saturated carbocycles. The second kappa shape index (κ2) is 4.75. The zero-order valence-electron chi connectivity index (χ0n) is 10.1. The number of carboxylic acid groups (broad SMARTS) is 1. The molecule has 1 saturated heterocycles. The molecule has 1 fully saturated rings. The van der Waals surface area contributed by atoms with E-state index in [4.69, 9.17) is 9.52 Å². The Labute approximate surface area is 99.8 Å². The first-order valence-corrected chi connectivity index (χ1v) is 5.64. The molecule has 17 heavy (non-hydrogen) atoms. The Morgan fingerprint density at radius 3 is 3.06 bits per heavy atom. The molecule has 0 bridgehead atoms. The molecule has 1 atom stereocenters. The quantitative estimate of drug-likeness (QED) is 0.836. The van der Waals surface area contributed by atoms with Crippen LogP contribution in [0.25, 0.3) is 0 Å². The standard InChI is InChI=1S/C11H17N3O3/c1-13-4-3-8(5-13)6-14(2)11-12-9(7-17-11)10(15)16/h7-8H,3-6H2,1-2H3,(H,15,16). The number of anilines is 1. The lowest BCUT2D eigenvalue weighted by Crippen LogP contribution is -2.27. The number of carboxylic acids is 1. The number of carbonyl (C=O) groups is 1. The first-order valence-electron chi connectivity index (χ1n) is 5.64. The fraction of sp³-hybridized carbons (Fsp3) is 0.636. The van der Waals surface area contributed by atoms with Crippen molar-refractivity contribution >= 4 is 12.0 Å². The summed E-state index contributed by atoms with van der Waals surface area (Å²) in [5.41, 5.74) is -0.0459. The number of oxazole rings is 1. The van der Waals surface area contributed by atoms with E-state index in [0.717, 1.165) is 26.1 Å². The van der Waals surface area contributed by atoms with Gasteiger partial charge in [-0.25, -0.2) is 4.79 Å². The minimum absolute atomic E-state index is 0.0459. The van der Waals surface area contributed by atoms with Crippen molar-refractivity contribution in [2.75, 3.05) is 38.6 Å². The van der Waals surface area contributed by atoms with Gasteiger partial charge in [0.1, 0.15) is 6.26 Å². The summed E-state index contributed by atoms with van der Waals surface area (Å²) < 4.78 is 5.15. The molecule has 6 nitrogen and oxygen atoms in total. The van der Waals surface area contributed by atoms with Gasteiger partial charge in [-0.3, -0.25) is 0 Å². The van der Waals surface area contributed by atoms with Crippen molar-refractivity contribution in [2.45, 2.75) is 6.42 Å². The average Bonchev–Trinajstić information content (AvgIpc) is 2.86. The van der Waals surface area contributed by atoms with Crippen LogP contribution in [-0.4, -0.2) is 54.7 Å². The van der Waals surface area contributed by atoms with E-state index in [-0.39, 0.29) is 5.69 Å². The summed E-state index contributed by atoms with van der Waals surface area (Å²) in [5, 5.41) is 8.75. The van der Waals surface area contributed by atoms with Gasteiger partial charge in [0.2, 0.25) is 0 Å². The van der Waals surface area contributed by atoms with E-state index in [1.54, 1.807) is 0 Å². The molecule has 1 unspecified atom stereocenters. The van der Waals surface area contributed by atoms with Gasteiger partial charge in [-0.2, -0.15) is 4.98 Å². The van der Waals surface area contributed by atoms with Gasteiger partial charge in [-0.1, -0.05) is 0 Å². The van der Waals surface area contributed by atoms with E-state index in [1.807, 2.05) is 11.9 Å². The second-order valence-electron chi connectivity index (χ2n) is 4.62. The highest BCUT2D eigenvalue weighted by Crippen LogP contribution is 2.19. The van der Waals surface area contributed by atoms with Crippen molar-refractivity contribution in [1.82, 2.24) is 9.88 Å². The van der Waals surface area contributed by atoms with Crippen LogP contribution in [0.15, 0.2) is 10.7 Å². The third-order valence-corrected chi connectivity index (χ3v) is 3.06. The van der Waals surface area contributed by atoms with Crippen molar-refractivity contribution < 1.29 is 14.3 Å². The van der Waals surface area contributed by atoms with Crippen molar-refractivity contribution in [3.05, 3.63) is 12.0 Å². The molecule has 0 aliphatic carbocycles. The molecule has 94 valence electrons. The summed E-state index contributed by atoms with van der Waals surface area (Å²) in [6, 6.07) is 0.372. The topological polar surface area (TPSA) is 69.8 Å². The molecule has 2 rings (SSSR count). The van der Waals surface area contributed by atoms with Crippen molar-refractivity contribution in [2.24, 2.45) is 5.92 Å². The summed E-state index contributed by atoms with van der Waals surface area (Å²) in [6.07, 6.45) is 2.34. The highest BCUT2D eigenvalue weighted by atomic mass is 16.4. The van der Waals surface area contributed by atoms with Crippen molar-refractivity contribution in [3.63, 3.8) is 0 Å². The molecular weight excluding hydrogens is 222 g/mol. The van der Waals surface area contributed by atoms with Gasteiger partial charge in [-0.15, -0.1) is 0 Å². The van der Waals surface area contributed by atoms with Crippen LogP contribution >= 0.6 is 0 Å². The molecule has 1 aromatic rings. The molecule has 0 radical (unpaired) electrons. The monoisotopic (exact) mass is 239 g/mol. The fourth-order valence-corrected chi connectivity index (χ4v) is 2.18. The number of nitrogens with zero attached hydrogens (tertiary/aromatic N) is 3. The van der Waals surface area contributed by atoms with Gasteiger partial charge >= 0.3 is 5.97 Å². The zero-order chi connectivity index (χ0) is 12.4. The van der Waals surface area contributed by atoms with E-state index in [1.165, 1.54) is 6.26 Å². The van der Waals surface area contributed by atoms with Crippen LogP contribution in [0, 0.1) is 5.92 Å². The minimum atomic E-state index is -1.06. The Hall–Kier alpha value is -1.56. The van der Waals surface area contributed by atoms with Gasteiger partial charge in [0, 0.05) is 20.1 Å². The van der Waals surface area contributed by atoms with Crippen LogP contribution in [0.3, 0.4) is 0 Å². The first kappa shape index (κ1) is 11.9. The lowest BCUT2D eigenvalue weighted by molar-refractivity contribution is 0.0690. The Balaban J connectivity index is 1.94. The molecule has 2 heterocycles.